The zero-order chi connectivity index (χ0) is 28.1. The number of aryl methyl sites for hydroxylation is 7. The van der Waals surface area contributed by atoms with E-state index < -0.39 is 13.5 Å². The van der Waals surface area contributed by atoms with Crippen molar-refractivity contribution in [1.29, 1.82) is 0 Å². The maximum atomic E-state index is 5.88. The van der Waals surface area contributed by atoms with Crippen LogP contribution in [0, 0.1) is 55.1 Å². The van der Waals surface area contributed by atoms with Crippen LogP contribution in [0.2, 0.25) is 0 Å². The van der Waals surface area contributed by atoms with Gasteiger partial charge in [0.2, 0.25) is 0 Å². The Kier molecular flexibility index (Phi) is 10.9. The molecule has 1 saturated heterocycles. The molecular formula is C32H42Cl2N2ORu. The molecule has 1 heterocycles. The molecule has 208 valence electrons. The van der Waals surface area contributed by atoms with E-state index in [-0.39, 0.29) is 6.10 Å². The predicted octanol–water partition coefficient (Wildman–Crippen LogP) is 8.70. The van der Waals surface area contributed by atoms with E-state index in [1.54, 1.807) is 0 Å². The molecule has 6 heteroatoms. The molecule has 1 aliphatic heterocycles. The van der Waals surface area contributed by atoms with Gasteiger partial charge in [-0.2, -0.15) is 6.67 Å². The van der Waals surface area contributed by atoms with Crippen LogP contribution in [-0.2, 0) is 13.5 Å². The molecule has 1 fully saturated rings. The first kappa shape index (κ1) is 30.7. The summed E-state index contributed by atoms with van der Waals surface area (Å²) in [5.41, 5.74) is 13.1. The average Bonchev–Trinajstić information content (AvgIpc) is 3.23. The van der Waals surface area contributed by atoms with Crippen LogP contribution in [-0.4, -0.2) is 28.5 Å². The molecule has 0 amide bonds. The second kappa shape index (κ2) is 13.5. The van der Waals surface area contributed by atoms with Gasteiger partial charge >= 0.3 is 104 Å². The van der Waals surface area contributed by atoms with Crippen LogP contribution in [0.4, 0.5) is 11.4 Å². The van der Waals surface area contributed by atoms with Crippen LogP contribution in [0.3, 0.4) is 0 Å². The molecule has 38 heavy (non-hydrogen) atoms. The van der Waals surface area contributed by atoms with Crippen molar-refractivity contribution < 1.29 is 18.3 Å². The van der Waals surface area contributed by atoms with Gasteiger partial charge in [0.15, 0.2) is 0 Å². The predicted molar refractivity (Wildman–Crippen MR) is 165 cm³/mol. The summed E-state index contributed by atoms with van der Waals surface area (Å²) in [6, 6.07) is 15.3. The zero-order valence-corrected chi connectivity index (χ0v) is 27.4. The Labute approximate surface area is 243 Å². The molecule has 1 N–H and O–H groups in total. The van der Waals surface area contributed by atoms with E-state index in [4.69, 9.17) is 19.4 Å². The molecule has 0 saturated carbocycles. The first-order chi connectivity index (χ1) is 17.8. The number of hydrogen-bond donors (Lipinski definition) is 0. The second-order valence-corrected chi connectivity index (χ2v) is 16.3. The molecule has 1 aliphatic rings. The molecule has 3 aromatic rings. The van der Waals surface area contributed by atoms with Gasteiger partial charge in [-0.1, -0.05) is 35.4 Å². The van der Waals surface area contributed by atoms with E-state index in [0.717, 1.165) is 24.4 Å². The average molecular weight is 643 g/mol. The van der Waals surface area contributed by atoms with Crippen molar-refractivity contribution in [3.8, 4) is 5.75 Å². The van der Waals surface area contributed by atoms with Crippen molar-refractivity contribution in [3.63, 3.8) is 0 Å². The third-order valence-corrected chi connectivity index (χ3v) is 8.31. The van der Waals surface area contributed by atoms with Crippen molar-refractivity contribution in [2.24, 2.45) is 0 Å². The molecule has 0 atom stereocenters. The minimum atomic E-state index is -1.77. The van der Waals surface area contributed by atoms with Crippen LogP contribution in [0.25, 0.3) is 0 Å². The standard InChI is InChI=1S/C21H27N2.C11H14O.2ClH.Ru/c1-14-9-16(3)20(17(4)10-14)22-7-8-23(13-22)21-18(5)11-15(2)12-19(21)6;1-8(2)12-11-6-5-9(3)7-10(11)4;;;/h9-13H,7-8H2,1-6H3;4-8H,1-3H3;2*1H;/q-1;;;;+2/p-1. The summed E-state index contributed by atoms with van der Waals surface area (Å²) in [7, 11) is 11.8. The molecule has 0 radical (unpaired) electrons. The Hall–Kier alpha value is -1.87. The topological polar surface area (TPSA) is 19.3 Å². The molecule has 0 aliphatic carbocycles. The van der Waals surface area contributed by atoms with Crippen molar-refractivity contribution in [1.82, 2.24) is 0 Å². The van der Waals surface area contributed by atoms with Crippen LogP contribution in [0.15, 0.2) is 42.5 Å². The fourth-order valence-electron chi connectivity index (χ4n) is 5.32. The van der Waals surface area contributed by atoms with Crippen LogP contribution < -0.4 is 9.80 Å². The fraction of sp³-hybridized carbons (Fsp3) is 0.375. The van der Waals surface area contributed by atoms with E-state index in [2.05, 4.69) is 120 Å². The van der Waals surface area contributed by atoms with Gasteiger partial charge in [0, 0.05) is 24.5 Å². The Morgan fingerprint density at radius 2 is 1.18 bits per heavy atom. The second-order valence-electron chi connectivity index (χ2n) is 10.6. The van der Waals surface area contributed by atoms with Crippen LogP contribution >= 0.6 is 19.4 Å². The molecule has 0 unspecified atom stereocenters. The summed E-state index contributed by atoms with van der Waals surface area (Å²) in [5.74, 6) is 0.982. The summed E-state index contributed by atoms with van der Waals surface area (Å²) in [4.78, 5) is 4.81. The molecule has 0 bridgehead atoms. The third kappa shape index (κ3) is 8.07. The number of nitrogens with zero attached hydrogens (tertiary/aromatic N) is 2. The number of halogens is 2. The van der Waals surface area contributed by atoms with E-state index in [1.165, 1.54) is 50.3 Å². The quantitative estimate of drug-likeness (QED) is 0.158. The number of aliphatic hydroxyl groups is 1. The first-order valence-electron chi connectivity index (χ1n) is 13.0. The SMILES string of the molecule is Cc1cc(C)c(N2[CH-]N(c3c(C)cc(C)cc3C)CC2)c(C)c1.Cc1ccc([OH+]C(C)C)c([CH]=[Ru]([Cl])[Cl])c1. The Morgan fingerprint density at radius 3 is 1.58 bits per heavy atom. The molecule has 3 nitrogen and oxygen atoms in total. The van der Waals surface area contributed by atoms with Gasteiger partial charge in [0.25, 0.3) is 0 Å². The Balaban J connectivity index is 0.000000232. The van der Waals surface area contributed by atoms with Crippen molar-refractivity contribution >= 4 is 35.4 Å². The van der Waals surface area contributed by atoms with E-state index >= 15 is 0 Å². The van der Waals surface area contributed by atoms with Gasteiger partial charge < -0.3 is 9.80 Å². The van der Waals surface area contributed by atoms with Gasteiger partial charge in [0.1, 0.15) is 0 Å². The number of rotatable bonds is 5. The van der Waals surface area contributed by atoms with E-state index in [1.807, 2.05) is 10.7 Å². The summed E-state index contributed by atoms with van der Waals surface area (Å²) in [6.07, 6.45) is 0.283. The molecule has 4 rings (SSSR count). The van der Waals surface area contributed by atoms with Crippen molar-refractivity contribution in [2.75, 3.05) is 22.9 Å². The summed E-state index contributed by atoms with van der Waals surface area (Å²) < 4.78 is 6.47. The summed E-state index contributed by atoms with van der Waals surface area (Å²) in [6.45, 7) is 23.7. The third-order valence-electron chi connectivity index (χ3n) is 6.47. The van der Waals surface area contributed by atoms with Crippen LogP contribution in [0.1, 0.15) is 58.4 Å². The van der Waals surface area contributed by atoms with Crippen molar-refractivity contribution in [2.45, 2.75) is 68.4 Å². The van der Waals surface area contributed by atoms with Gasteiger partial charge in [-0.15, -0.1) is 0 Å². The van der Waals surface area contributed by atoms with Gasteiger partial charge in [-0.3, -0.25) is 0 Å². The number of hydrogen-bond acceptors (Lipinski definition) is 2. The maximum absolute atomic E-state index is 5.88. The van der Waals surface area contributed by atoms with Gasteiger partial charge in [0.05, 0.1) is 0 Å². The summed E-state index contributed by atoms with van der Waals surface area (Å²) in [5, 5.41) is 0. The molecule has 3 aromatic carbocycles. The number of anilines is 2. The van der Waals surface area contributed by atoms with Crippen molar-refractivity contribution in [3.05, 3.63) is 93.6 Å². The normalized spacial score (nSPS) is 13.4. The Morgan fingerprint density at radius 1 is 0.737 bits per heavy atom. The van der Waals surface area contributed by atoms with Gasteiger partial charge in [-0.05, 0) is 63.8 Å². The fourth-order valence-corrected chi connectivity index (χ4v) is 7.12. The Bertz CT molecular complexity index is 1210. The minimum absolute atomic E-state index is 0.283. The first-order valence-corrected chi connectivity index (χ1v) is 18.5. The van der Waals surface area contributed by atoms with Crippen LogP contribution in [0.5, 0.6) is 5.75 Å². The molecular weight excluding hydrogens is 600 g/mol. The molecule has 0 aromatic heterocycles. The number of ether oxygens (including phenoxy) is 1. The zero-order valence-electron chi connectivity index (χ0n) is 24.1. The summed E-state index contributed by atoms with van der Waals surface area (Å²) >= 11 is -1.77. The number of aromatic hydroxyl groups is 1. The van der Waals surface area contributed by atoms with E-state index in [0.29, 0.717) is 0 Å². The molecule has 0 spiro atoms. The number of benzene rings is 3. The monoisotopic (exact) mass is 642 g/mol. The van der Waals surface area contributed by atoms with E-state index in [9.17, 15) is 0 Å². The van der Waals surface area contributed by atoms with Gasteiger partial charge in [-0.25, -0.2) is 0 Å².